The second-order valence-corrected chi connectivity index (χ2v) is 10.2. The molecule has 0 spiro atoms. The van der Waals surface area contributed by atoms with E-state index in [1.165, 1.54) is 16.7 Å². The standard InChI is InChI=1S/C25H32N4OS/c1-17(2)14-24-25(18(3)29(5)26-24)27-31(30)23-10-8-19(9-11-23)21-7-6-20-12-13-28(4)16-22(20)15-21/h6-11,15,17,27H,12-14,16H2,1-5H3. The minimum Gasteiger partial charge on any atom is -0.588 e. The van der Waals surface area contributed by atoms with E-state index in [4.69, 9.17) is 0 Å². The molecule has 1 atom stereocenters. The third-order valence-electron chi connectivity index (χ3n) is 6.01. The van der Waals surface area contributed by atoms with E-state index < -0.39 is 11.4 Å². The Bertz CT molecular complexity index is 1060. The average molecular weight is 437 g/mol. The number of nitrogens with zero attached hydrogens (tertiary/aromatic N) is 3. The van der Waals surface area contributed by atoms with Gasteiger partial charge in [0, 0.05) is 20.1 Å². The summed E-state index contributed by atoms with van der Waals surface area (Å²) < 4.78 is 18.1. The Labute approximate surface area is 188 Å². The van der Waals surface area contributed by atoms with Gasteiger partial charge in [-0.15, -0.1) is 0 Å². The zero-order valence-electron chi connectivity index (χ0n) is 19.1. The molecule has 1 aromatic heterocycles. The number of benzene rings is 2. The number of hydrogen-bond acceptors (Lipinski definition) is 4. The minimum absolute atomic E-state index is 0.485. The van der Waals surface area contributed by atoms with E-state index in [-0.39, 0.29) is 0 Å². The summed E-state index contributed by atoms with van der Waals surface area (Å²) in [5, 5.41) is 4.61. The molecule has 164 valence electrons. The molecule has 0 bridgehead atoms. The lowest BCUT2D eigenvalue weighted by molar-refractivity contribution is 0.313. The van der Waals surface area contributed by atoms with E-state index in [2.05, 4.69) is 65.9 Å². The van der Waals surface area contributed by atoms with E-state index >= 15 is 0 Å². The molecular formula is C25H32N4OS. The van der Waals surface area contributed by atoms with Gasteiger partial charge >= 0.3 is 0 Å². The number of anilines is 1. The van der Waals surface area contributed by atoms with E-state index in [1.807, 2.05) is 30.8 Å². The SMILES string of the molecule is Cc1c(N[S+]([O-])c2ccc(-c3ccc4c(c3)CN(C)CC4)cc2)c(CC(C)C)nn1C. The summed E-state index contributed by atoms with van der Waals surface area (Å²) in [4.78, 5) is 3.12. The number of fused-ring (bicyclic) bond motifs is 1. The molecule has 4 rings (SSSR count). The number of aromatic nitrogens is 2. The molecule has 1 aliphatic heterocycles. The van der Waals surface area contributed by atoms with Gasteiger partial charge in [0.25, 0.3) is 0 Å². The van der Waals surface area contributed by atoms with Crippen LogP contribution in [0.25, 0.3) is 11.1 Å². The number of aryl methyl sites for hydroxylation is 1. The fraction of sp³-hybridized carbons (Fsp3) is 0.400. The van der Waals surface area contributed by atoms with Crippen molar-refractivity contribution in [2.24, 2.45) is 13.0 Å². The maximum Gasteiger partial charge on any atom is 0.179 e. The lowest BCUT2D eigenvalue weighted by atomic mass is 9.95. The molecule has 5 nitrogen and oxygen atoms in total. The molecular weight excluding hydrogens is 404 g/mol. The smallest absolute Gasteiger partial charge is 0.179 e. The second kappa shape index (κ2) is 9.07. The first kappa shape index (κ1) is 21.9. The molecule has 2 aromatic carbocycles. The van der Waals surface area contributed by atoms with Crippen LogP contribution in [-0.4, -0.2) is 32.8 Å². The summed E-state index contributed by atoms with van der Waals surface area (Å²) >= 11 is -1.34. The predicted molar refractivity (Wildman–Crippen MR) is 128 cm³/mol. The maximum atomic E-state index is 13.0. The first-order valence-corrected chi connectivity index (χ1v) is 12.1. The van der Waals surface area contributed by atoms with E-state index in [0.29, 0.717) is 5.92 Å². The highest BCUT2D eigenvalue weighted by molar-refractivity contribution is 7.92. The first-order chi connectivity index (χ1) is 14.8. The Morgan fingerprint density at radius 3 is 2.48 bits per heavy atom. The van der Waals surface area contributed by atoms with Gasteiger partial charge in [-0.05, 0) is 85.3 Å². The highest BCUT2D eigenvalue weighted by Crippen LogP contribution is 2.29. The van der Waals surface area contributed by atoms with Gasteiger partial charge in [0.1, 0.15) is 17.0 Å². The second-order valence-electron chi connectivity index (χ2n) is 9.00. The Morgan fingerprint density at radius 2 is 1.77 bits per heavy atom. The molecule has 31 heavy (non-hydrogen) atoms. The Morgan fingerprint density at radius 1 is 1.06 bits per heavy atom. The summed E-state index contributed by atoms with van der Waals surface area (Å²) in [6.45, 7) is 8.46. The van der Waals surface area contributed by atoms with Gasteiger partial charge < -0.3 is 9.45 Å². The maximum absolute atomic E-state index is 13.0. The third-order valence-corrected chi connectivity index (χ3v) is 7.10. The van der Waals surface area contributed by atoms with Crippen molar-refractivity contribution in [2.75, 3.05) is 18.3 Å². The fourth-order valence-electron chi connectivity index (χ4n) is 4.14. The van der Waals surface area contributed by atoms with Crippen molar-refractivity contribution in [1.29, 1.82) is 0 Å². The van der Waals surface area contributed by atoms with Gasteiger partial charge in [0.2, 0.25) is 0 Å². The van der Waals surface area contributed by atoms with Crippen LogP contribution >= 0.6 is 0 Å². The quantitative estimate of drug-likeness (QED) is 0.568. The number of hydrogen-bond donors (Lipinski definition) is 1. The van der Waals surface area contributed by atoms with Crippen LogP contribution in [0.15, 0.2) is 47.4 Å². The van der Waals surface area contributed by atoms with Crippen LogP contribution < -0.4 is 4.72 Å². The molecule has 1 N–H and O–H groups in total. The lowest BCUT2D eigenvalue weighted by Crippen LogP contribution is -2.26. The van der Waals surface area contributed by atoms with Gasteiger partial charge in [0.05, 0.1) is 11.4 Å². The van der Waals surface area contributed by atoms with Crippen LogP contribution in [0.4, 0.5) is 5.69 Å². The lowest BCUT2D eigenvalue weighted by Gasteiger charge is -2.25. The predicted octanol–water partition coefficient (Wildman–Crippen LogP) is 4.72. The molecule has 3 aromatic rings. The van der Waals surface area contributed by atoms with Crippen molar-refractivity contribution >= 4 is 17.0 Å². The van der Waals surface area contributed by atoms with Gasteiger partial charge in [-0.1, -0.05) is 26.0 Å². The van der Waals surface area contributed by atoms with Gasteiger partial charge in [-0.2, -0.15) is 9.82 Å². The van der Waals surface area contributed by atoms with Crippen molar-refractivity contribution in [3.8, 4) is 11.1 Å². The Balaban J connectivity index is 1.52. The summed E-state index contributed by atoms with van der Waals surface area (Å²) in [5.74, 6) is 0.485. The van der Waals surface area contributed by atoms with Crippen LogP contribution in [0.2, 0.25) is 0 Å². The molecule has 1 aliphatic rings. The Hall–Kier alpha value is -2.28. The number of nitrogens with one attached hydrogen (secondary N) is 1. The molecule has 6 heteroatoms. The highest BCUT2D eigenvalue weighted by Gasteiger charge is 2.21. The van der Waals surface area contributed by atoms with E-state index in [0.717, 1.165) is 53.5 Å². The number of rotatable bonds is 6. The molecule has 1 unspecified atom stereocenters. The number of likely N-dealkylation sites (N-methyl/N-ethyl adjacent to an activating group) is 1. The Kier molecular flexibility index (Phi) is 6.42. The zero-order chi connectivity index (χ0) is 22.1. The molecule has 2 heterocycles. The van der Waals surface area contributed by atoms with Gasteiger partial charge in [-0.25, -0.2) is 0 Å². The first-order valence-electron chi connectivity index (χ1n) is 10.9. The van der Waals surface area contributed by atoms with Crippen molar-refractivity contribution in [2.45, 2.75) is 45.1 Å². The third kappa shape index (κ3) is 4.81. The molecule has 0 amide bonds. The summed E-state index contributed by atoms with van der Waals surface area (Å²) in [6.07, 6.45) is 1.97. The summed E-state index contributed by atoms with van der Waals surface area (Å²) in [7, 11) is 4.10. The summed E-state index contributed by atoms with van der Waals surface area (Å²) in [6, 6.07) is 14.8. The van der Waals surface area contributed by atoms with Crippen LogP contribution in [-0.2, 0) is 37.8 Å². The zero-order valence-corrected chi connectivity index (χ0v) is 19.9. The molecule has 0 aliphatic carbocycles. The summed E-state index contributed by atoms with van der Waals surface area (Å²) in [5.41, 5.74) is 8.07. The normalized spacial score (nSPS) is 15.2. The van der Waals surface area contributed by atoms with Crippen molar-refractivity contribution in [3.05, 3.63) is 65.0 Å². The monoisotopic (exact) mass is 436 g/mol. The highest BCUT2D eigenvalue weighted by atomic mass is 32.2. The van der Waals surface area contributed by atoms with E-state index in [9.17, 15) is 4.55 Å². The molecule has 0 saturated carbocycles. The topological polar surface area (TPSA) is 56.1 Å². The van der Waals surface area contributed by atoms with Gasteiger partial charge in [-0.3, -0.25) is 4.68 Å². The minimum atomic E-state index is -1.34. The fourth-order valence-corrected chi connectivity index (χ4v) is 5.09. The molecule has 0 fully saturated rings. The van der Waals surface area contributed by atoms with Crippen LogP contribution in [0.5, 0.6) is 0 Å². The largest absolute Gasteiger partial charge is 0.588 e. The molecule has 0 radical (unpaired) electrons. The van der Waals surface area contributed by atoms with Crippen LogP contribution in [0.1, 0.15) is 36.4 Å². The molecule has 0 saturated heterocycles. The van der Waals surface area contributed by atoms with E-state index in [1.54, 1.807) is 0 Å². The van der Waals surface area contributed by atoms with Crippen LogP contribution in [0.3, 0.4) is 0 Å². The van der Waals surface area contributed by atoms with Gasteiger partial charge in [0.15, 0.2) is 4.90 Å². The van der Waals surface area contributed by atoms with Crippen molar-refractivity contribution in [3.63, 3.8) is 0 Å². The van der Waals surface area contributed by atoms with Crippen molar-refractivity contribution < 1.29 is 4.55 Å². The van der Waals surface area contributed by atoms with Crippen LogP contribution in [0, 0.1) is 12.8 Å². The van der Waals surface area contributed by atoms with Crippen molar-refractivity contribution in [1.82, 2.24) is 14.7 Å². The average Bonchev–Trinajstić information content (AvgIpc) is 3.00.